The first kappa shape index (κ1) is 18.5. The molecule has 0 aliphatic rings. The first-order valence-corrected chi connectivity index (χ1v) is 10.0. The van der Waals surface area contributed by atoms with E-state index in [0.29, 0.717) is 16.4 Å². The summed E-state index contributed by atoms with van der Waals surface area (Å²) < 4.78 is 3.68. The molecule has 2 heterocycles. The van der Waals surface area contributed by atoms with Gasteiger partial charge in [-0.1, -0.05) is 35.5 Å². The summed E-state index contributed by atoms with van der Waals surface area (Å²) in [4.78, 5) is 21.2. The Bertz CT molecular complexity index is 1120. The number of amides is 1. The number of para-hydroxylation sites is 2. The van der Waals surface area contributed by atoms with E-state index < -0.39 is 0 Å². The monoisotopic (exact) mass is 412 g/mol. The molecule has 1 N–H and O–H groups in total. The predicted octanol–water partition coefficient (Wildman–Crippen LogP) is 4.02. The summed E-state index contributed by atoms with van der Waals surface area (Å²) in [6.45, 7) is 2.85. The number of benzene rings is 2. The molecule has 0 saturated carbocycles. The van der Waals surface area contributed by atoms with Crippen molar-refractivity contribution in [3.8, 4) is 5.69 Å². The van der Waals surface area contributed by atoms with Gasteiger partial charge in [0.25, 0.3) is 0 Å². The van der Waals surface area contributed by atoms with E-state index in [-0.39, 0.29) is 11.7 Å². The topological polar surface area (TPSA) is 77.6 Å². The van der Waals surface area contributed by atoms with Crippen molar-refractivity contribution in [2.75, 3.05) is 11.1 Å². The summed E-state index contributed by atoms with van der Waals surface area (Å²) >= 11 is 7.51. The van der Waals surface area contributed by atoms with E-state index in [9.17, 15) is 4.79 Å². The summed E-state index contributed by atoms with van der Waals surface area (Å²) in [6, 6.07) is 13.2. The fraction of sp³-hybridized carbons (Fsp3) is 0.158. The Morgan fingerprint density at radius 2 is 2.11 bits per heavy atom. The number of hydrogen-bond donors (Lipinski definition) is 1. The highest BCUT2D eigenvalue weighted by molar-refractivity contribution is 7.99. The molecule has 0 saturated heterocycles. The smallest absolute Gasteiger partial charge is 0.234 e. The van der Waals surface area contributed by atoms with E-state index >= 15 is 0 Å². The molecular weight excluding hydrogens is 396 g/mol. The van der Waals surface area contributed by atoms with Crippen molar-refractivity contribution >= 4 is 46.0 Å². The maximum absolute atomic E-state index is 12.6. The minimum absolute atomic E-state index is 0.150. The van der Waals surface area contributed by atoms with E-state index in [1.54, 1.807) is 29.2 Å². The number of thioether (sulfide) groups is 1. The molecule has 0 fully saturated rings. The van der Waals surface area contributed by atoms with Crippen LogP contribution in [0.4, 0.5) is 5.69 Å². The predicted molar refractivity (Wildman–Crippen MR) is 111 cm³/mol. The van der Waals surface area contributed by atoms with Gasteiger partial charge in [0.15, 0.2) is 5.16 Å². The van der Waals surface area contributed by atoms with Crippen molar-refractivity contribution in [1.29, 1.82) is 0 Å². The SMILES string of the molecule is CCn1c(SCC(=O)Nc2cc(Cl)ccc2-n2cncn2)nc2ccccc21. The van der Waals surface area contributed by atoms with Crippen molar-refractivity contribution in [3.63, 3.8) is 0 Å². The fourth-order valence-corrected chi connectivity index (χ4v) is 3.98. The molecule has 0 unspecified atom stereocenters. The first-order valence-electron chi connectivity index (χ1n) is 8.68. The number of imidazole rings is 1. The number of aryl methyl sites for hydroxylation is 1. The maximum Gasteiger partial charge on any atom is 0.234 e. The molecule has 4 aromatic rings. The van der Waals surface area contributed by atoms with Gasteiger partial charge in [-0.25, -0.2) is 14.6 Å². The van der Waals surface area contributed by atoms with Crippen LogP contribution in [-0.4, -0.2) is 36.0 Å². The zero-order chi connectivity index (χ0) is 19.5. The molecule has 2 aromatic carbocycles. The van der Waals surface area contributed by atoms with Gasteiger partial charge in [0.1, 0.15) is 12.7 Å². The van der Waals surface area contributed by atoms with Gasteiger partial charge in [-0.15, -0.1) is 0 Å². The molecule has 7 nitrogen and oxygen atoms in total. The second-order valence-electron chi connectivity index (χ2n) is 5.97. The lowest BCUT2D eigenvalue weighted by molar-refractivity contribution is -0.113. The highest BCUT2D eigenvalue weighted by atomic mass is 35.5. The molecular formula is C19H17ClN6OS. The largest absolute Gasteiger partial charge is 0.323 e. The van der Waals surface area contributed by atoms with Crippen LogP contribution in [0.2, 0.25) is 5.02 Å². The molecule has 142 valence electrons. The number of halogens is 1. The van der Waals surface area contributed by atoms with Crippen molar-refractivity contribution in [3.05, 3.63) is 60.1 Å². The Hall–Kier alpha value is -2.84. The Kier molecular flexibility index (Phi) is 5.31. The summed E-state index contributed by atoms with van der Waals surface area (Å²) in [5.41, 5.74) is 3.26. The van der Waals surface area contributed by atoms with Crippen LogP contribution >= 0.6 is 23.4 Å². The Morgan fingerprint density at radius 3 is 2.89 bits per heavy atom. The minimum atomic E-state index is -0.150. The standard InChI is InChI=1S/C19H17ClN6OS/c1-2-25-16-6-4-3-5-14(16)24-19(25)28-10-18(27)23-15-9-13(20)7-8-17(15)26-12-21-11-22-26/h3-9,11-12H,2,10H2,1H3,(H,23,27). The molecule has 2 aromatic heterocycles. The third-order valence-corrected chi connectivity index (χ3v) is 5.38. The van der Waals surface area contributed by atoms with Crippen molar-refractivity contribution in [2.24, 2.45) is 0 Å². The maximum atomic E-state index is 12.6. The van der Waals surface area contributed by atoms with Gasteiger partial charge < -0.3 is 9.88 Å². The third-order valence-electron chi connectivity index (χ3n) is 4.17. The minimum Gasteiger partial charge on any atom is -0.323 e. The Morgan fingerprint density at radius 1 is 1.25 bits per heavy atom. The quantitative estimate of drug-likeness (QED) is 0.484. The highest BCUT2D eigenvalue weighted by Gasteiger charge is 2.14. The molecule has 0 aliphatic carbocycles. The number of fused-ring (bicyclic) bond motifs is 1. The average Bonchev–Trinajstić information content (AvgIpc) is 3.34. The molecule has 0 atom stereocenters. The number of aromatic nitrogens is 5. The lowest BCUT2D eigenvalue weighted by Crippen LogP contribution is -2.16. The van der Waals surface area contributed by atoms with E-state index in [2.05, 4.69) is 31.9 Å². The van der Waals surface area contributed by atoms with Crippen LogP contribution in [0.25, 0.3) is 16.7 Å². The highest BCUT2D eigenvalue weighted by Crippen LogP contribution is 2.26. The summed E-state index contributed by atoms with van der Waals surface area (Å²) in [7, 11) is 0. The van der Waals surface area contributed by atoms with Gasteiger partial charge in [-0.2, -0.15) is 5.10 Å². The van der Waals surface area contributed by atoms with Crippen molar-refractivity contribution in [1.82, 2.24) is 24.3 Å². The number of rotatable bonds is 6. The van der Waals surface area contributed by atoms with Gasteiger partial charge >= 0.3 is 0 Å². The van der Waals surface area contributed by atoms with Crippen molar-refractivity contribution in [2.45, 2.75) is 18.6 Å². The zero-order valence-corrected chi connectivity index (χ0v) is 16.6. The van der Waals surface area contributed by atoms with E-state index in [4.69, 9.17) is 11.6 Å². The molecule has 0 radical (unpaired) electrons. The van der Waals surface area contributed by atoms with Gasteiger partial charge in [0.05, 0.1) is 28.2 Å². The van der Waals surface area contributed by atoms with E-state index in [1.807, 2.05) is 24.3 Å². The van der Waals surface area contributed by atoms with E-state index in [1.165, 1.54) is 18.1 Å². The van der Waals surface area contributed by atoms with Gasteiger partial charge in [-0.3, -0.25) is 4.79 Å². The third kappa shape index (κ3) is 3.74. The molecule has 0 spiro atoms. The first-order chi connectivity index (χ1) is 13.7. The lowest BCUT2D eigenvalue weighted by atomic mass is 10.2. The van der Waals surface area contributed by atoms with E-state index in [0.717, 1.165) is 22.7 Å². The molecule has 0 aliphatic heterocycles. The normalized spacial score (nSPS) is 11.1. The Balaban J connectivity index is 1.51. The number of carbonyl (C=O) groups is 1. The molecule has 1 amide bonds. The van der Waals surface area contributed by atoms with Crippen LogP contribution in [-0.2, 0) is 11.3 Å². The number of hydrogen-bond acceptors (Lipinski definition) is 5. The van der Waals surface area contributed by atoms with Crippen molar-refractivity contribution < 1.29 is 4.79 Å². The van der Waals surface area contributed by atoms with Gasteiger partial charge in [0, 0.05) is 11.6 Å². The van der Waals surface area contributed by atoms with Crippen LogP contribution in [0.1, 0.15) is 6.92 Å². The second kappa shape index (κ2) is 8.04. The molecule has 4 rings (SSSR count). The number of carbonyl (C=O) groups excluding carboxylic acids is 1. The zero-order valence-electron chi connectivity index (χ0n) is 15.0. The molecule has 0 bridgehead atoms. The molecule has 9 heteroatoms. The van der Waals surface area contributed by atoms with Crippen LogP contribution in [0.15, 0.2) is 60.3 Å². The summed E-state index contributed by atoms with van der Waals surface area (Å²) in [5, 5.41) is 8.38. The second-order valence-corrected chi connectivity index (χ2v) is 7.34. The lowest BCUT2D eigenvalue weighted by Gasteiger charge is -2.11. The Labute approximate surface area is 170 Å². The number of nitrogens with zero attached hydrogens (tertiary/aromatic N) is 5. The number of anilines is 1. The van der Waals surface area contributed by atoms with Gasteiger partial charge in [0.2, 0.25) is 5.91 Å². The van der Waals surface area contributed by atoms with Crippen LogP contribution < -0.4 is 5.32 Å². The molecule has 28 heavy (non-hydrogen) atoms. The van der Waals surface area contributed by atoms with Crippen LogP contribution in [0, 0.1) is 0 Å². The fourth-order valence-electron chi connectivity index (χ4n) is 2.93. The average molecular weight is 413 g/mol. The summed E-state index contributed by atoms with van der Waals surface area (Å²) in [5.74, 6) is 0.0791. The number of nitrogens with one attached hydrogen (secondary N) is 1. The van der Waals surface area contributed by atoms with Crippen LogP contribution in [0.3, 0.4) is 0 Å². The summed E-state index contributed by atoms with van der Waals surface area (Å²) in [6.07, 6.45) is 3.00. The van der Waals surface area contributed by atoms with Gasteiger partial charge in [-0.05, 0) is 37.3 Å². The van der Waals surface area contributed by atoms with Crippen LogP contribution in [0.5, 0.6) is 0 Å².